The number of piperazine rings is 1. The number of hydrogen-bond acceptors (Lipinski definition) is 6. The maximum atomic E-state index is 13.6. The Labute approximate surface area is 151 Å². The van der Waals surface area contributed by atoms with Crippen LogP contribution in [0.1, 0.15) is 27.6 Å². The van der Waals surface area contributed by atoms with Crippen LogP contribution in [0.2, 0.25) is 0 Å². The van der Waals surface area contributed by atoms with E-state index in [1.807, 2.05) is 0 Å². The fourth-order valence-corrected chi connectivity index (χ4v) is 2.65. The van der Waals surface area contributed by atoms with Crippen LogP contribution in [0, 0.1) is 12.7 Å². The van der Waals surface area contributed by atoms with Crippen molar-refractivity contribution in [2.75, 3.05) is 26.2 Å². The SMILES string of the molecule is Cc1ccc(C(=O)N2CCN(Cc3noc(CN)n3)CC2)cc1F.Cl. The van der Waals surface area contributed by atoms with E-state index in [2.05, 4.69) is 15.0 Å². The third-order valence-corrected chi connectivity index (χ3v) is 4.13. The summed E-state index contributed by atoms with van der Waals surface area (Å²) in [4.78, 5) is 20.5. The smallest absolute Gasteiger partial charge is 0.254 e. The summed E-state index contributed by atoms with van der Waals surface area (Å²) >= 11 is 0. The Balaban J connectivity index is 0.00000225. The van der Waals surface area contributed by atoms with Gasteiger partial charge in [0.1, 0.15) is 5.82 Å². The lowest BCUT2D eigenvalue weighted by Gasteiger charge is -2.34. The predicted octanol–water partition coefficient (Wildman–Crippen LogP) is 1.36. The summed E-state index contributed by atoms with van der Waals surface area (Å²) in [6, 6.07) is 4.60. The van der Waals surface area contributed by atoms with Crippen LogP contribution in [0.5, 0.6) is 0 Å². The Morgan fingerprint density at radius 3 is 2.64 bits per heavy atom. The molecule has 1 saturated heterocycles. The van der Waals surface area contributed by atoms with Crippen LogP contribution >= 0.6 is 12.4 Å². The molecule has 136 valence electrons. The minimum Gasteiger partial charge on any atom is -0.338 e. The number of hydrogen-bond donors (Lipinski definition) is 1. The molecule has 7 nitrogen and oxygen atoms in total. The molecule has 1 aromatic carbocycles. The molecule has 3 rings (SSSR count). The molecular formula is C16H21ClFN5O2. The van der Waals surface area contributed by atoms with Gasteiger partial charge in [0.05, 0.1) is 13.1 Å². The van der Waals surface area contributed by atoms with E-state index in [4.69, 9.17) is 10.3 Å². The first-order chi connectivity index (χ1) is 11.6. The highest BCUT2D eigenvalue weighted by molar-refractivity contribution is 5.94. The maximum absolute atomic E-state index is 13.6. The van der Waals surface area contributed by atoms with Crippen molar-refractivity contribution in [3.8, 4) is 0 Å². The number of carbonyl (C=O) groups excluding carboxylic acids is 1. The van der Waals surface area contributed by atoms with Gasteiger partial charge < -0.3 is 15.2 Å². The van der Waals surface area contributed by atoms with Gasteiger partial charge in [0.25, 0.3) is 5.91 Å². The van der Waals surface area contributed by atoms with Crippen molar-refractivity contribution in [3.05, 3.63) is 46.9 Å². The number of carbonyl (C=O) groups is 1. The standard InChI is InChI=1S/C16H20FN5O2.ClH/c1-11-2-3-12(8-13(11)17)16(23)22-6-4-21(5-7-22)10-14-19-15(9-18)24-20-14;/h2-3,8H,4-7,9-10,18H2,1H3;1H. The van der Waals surface area contributed by atoms with Crippen LogP contribution in [0.25, 0.3) is 0 Å². The van der Waals surface area contributed by atoms with E-state index in [0.29, 0.717) is 55.6 Å². The topological polar surface area (TPSA) is 88.5 Å². The zero-order chi connectivity index (χ0) is 17.1. The first-order valence-electron chi connectivity index (χ1n) is 7.86. The molecule has 1 aliphatic rings. The monoisotopic (exact) mass is 369 g/mol. The number of amides is 1. The van der Waals surface area contributed by atoms with Gasteiger partial charge in [0.15, 0.2) is 5.82 Å². The van der Waals surface area contributed by atoms with Crippen molar-refractivity contribution in [1.82, 2.24) is 19.9 Å². The van der Waals surface area contributed by atoms with Crippen molar-refractivity contribution in [1.29, 1.82) is 0 Å². The van der Waals surface area contributed by atoms with E-state index >= 15 is 0 Å². The van der Waals surface area contributed by atoms with Crippen molar-refractivity contribution in [2.45, 2.75) is 20.0 Å². The lowest BCUT2D eigenvalue weighted by atomic mass is 10.1. The summed E-state index contributed by atoms with van der Waals surface area (Å²) < 4.78 is 18.6. The zero-order valence-corrected chi connectivity index (χ0v) is 14.8. The van der Waals surface area contributed by atoms with Crippen LogP contribution in [0.4, 0.5) is 4.39 Å². The molecule has 2 N–H and O–H groups in total. The molecule has 9 heteroatoms. The first kappa shape index (κ1) is 19.3. The molecule has 0 aliphatic carbocycles. The molecule has 2 heterocycles. The average Bonchev–Trinajstić information content (AvgIpc) is 3.05. The highest BCUT2D eigenvalue weighted by Gasteiger charge is 2.23. The number of nitrogens with zero attached hydrogens (tertiary/aromatic N) is 4. The average molecular weight is 370 g/mol. The van der Waals surface area contributed by atoms with Crippen LogP contribution < -0.4 is 5.73 Å². The quantitative estimate of drug-likeness (QED) is 0.875. The van der Waals surface area contributed by atoms with Gasteiger partial charge in [-0.15, -0.1) is 12.4 Å². The van der Waals surface area contributed by atoms with E-state index in [1.54, 1.807) is 24.0 Å². The number of benzene rings is 1. The van der Waals surface area contributed by atoms with Gasteiger partial charge in [0, 0.05) is 31.7 Å². The van der Waals surface area contributed by atoms with Gasteiger partial charge in [-0.3, -0.25) is 9.69 Å². The normalized spacial score (nSPS) is 15.1. The summed E-state index contributed by atoms with van der Waals surface area (Å²) in [7, 11) is 0. The molecular weight excluding hydrogens is 349 g/mol. The van der Waals surface area contributed by atoms with Gasteiger partial charge >= 0.3 is 0 Å². The van der Waals surface area contributed by atoms with Crippen LogP contribution in [-0.2, 0) is 13.1 Å². The van der Waals surface area contributed by atoms with Crippen molar-refractivity contribution in [2.24, 2.45) is 5.73 Å². The molecule has 0 saturated carbocycles. The number of halogens is 2. The van der Waals surface area contributed by atoms with Crippen LogP contribution in [-0.4, -0.2) is 52.0 Å². The zero-order valence-electron chi connectivity index (χ0n) is 13.9. The molecule has 2 aromatic rings. The molecule has 0 bridgehead atoms. The van der Waals surface area contributed by atoms with Gasteiger partial charge in [0.2, 0.25) is 5.89 Å². The number of aromatic nitrogens is 2. The van der Waals surface area contributed by atoms with E-state index in [0.717, 1.165) is 0 Å². The maximum Gasteiger partial charge on any atom is 0.254 e. The molecule has 0 unspecified atom stereocenters. The molecule has 0 spiro atoms. The Morgan fingerprint density at radius 2 is 2.04 bits per heavy atom. The third-order valence-electron chi connectivity index (χ3n) is 4.13. The second-order valence-electron chi connectivity index (χ2n) is 5.84. The van der Waals surface area contributed by atoms with Gasteiger partial charge in [-0.1, -0.05) is 11.2 Å². The first-order valence-corrected chi connectivity index (χ1v) is 7.86. The molecule has 1 fully saturated rings. The highest BCUT2D eigenvalue weighted by Crippen LogP contribution is 2.14. The Morgan fingerprint density at radius 1 is 1.32 bits per heavy atom. The molecule has 25 heavy (non-hydrogen) atoms. The van der Waals surface area contributed by atoms with E-state index in [-0.39, 0.29) is 30.7 Å². The Kier molecular flexibility index (Phi) is 6.46. The van der Waals surface area contributed by atoms with E-state index < -0.39 is 0 Å². The lowest BCUT2D eigenvalue weighted by Crippen LogP contribution is -2.48. The second kappa shape index (κ2) is 8.37. The van der Waals surface area contributed by atoms with E-state index in [9.17, 15) is 9.18 Å². The minimum atomic E-state index is -0.354. The molecule has 1 aliphatic heterocycles. The summed E-state index contributed by atoms with van der Waals surface area (Å²) in [6.45, 7) is 5.02. The van der Waals surface area contributed by atoms with Gasteiger partial charge in [-0.05, 0) is 24.6 Å². The van der Waals surface area contributed by atoms with Gasteiger partial charge in [-0.2, -0.15) is 4.98 Å². The summed E-state index contributed by atoms with van der Waals surface area (Å²) in [6.07, 6.45) is 0. The number of rotatable bonds is 4. The second-order valence-corrected chi connectivity index (χ2v) is 5.84. The largest absolute Gasteiger partial charge is 0.338 e. The number of nitrogens with two attached hydrogens (primary N) is 1. The van der Waals surface area contributed by atoms with Crippen LogP contribution in [0.3, 0.4) is 0 Å². The molecule has 0 atom stereocenters. The summed E-state index contributed by atoms with van der Waals surface area (Å²) in [5, 5.41) is 3.87. The van der Waals surface area contributed by atoms with Crippen molar-refractivity contribution < 1.29 is 13.7 Å². The fraction of sp³-hybridized carbons (Fsp3) is 0.438. The molecule has 0 radical (unpaired) electrons. The van der Waals surface area contributed by atoms with Crippen molar-refractivity contribution in [3.63, 3.8) is 0 Å². The minimum absolute atomic E-state index is 0. The molecule has 1 aromatic heterocycles. The Hall–Kier alpha value is -2.03. The van der Waals surface area contributed by atoms with Gasteiger partial charge in [-0.25, -0.2) is 4.39 Å². The summed E-state index contributed by atoms with van der Waals surface area (Å²) in [5.41, 5.74) is 6.36. The highest BCUT2D eigenvalue weighted by atomic mass is 35.5. The van der Waals surface area contributed by atoms with Crippen molar-refractivity contribution >= 4 is 18.3 Å². The van der Waals surface area contributed by atoms with Crippen LogP contribution in [0.15, 0.2) is 22.7 Å². The fourth-order valence-electron chi connectivity index (χ4n) is 2.65. The number of aryl methyl sites for hydroxylation is 1. The van der Waals surface area contributed by atoms with E-state index in [1.165, 1.54) is 6.07 Å². The third kappa shape index (κ3) is 4.53. The lowest BCUT2D eigenvalue weighted by molar-refractivity contribution is 0.0624. The summed E-state index contributed by atoms with van der Waals surface area (Å²) in [5.74, 6) is 0.516. The predicted molar refractivity (Wildman–Crippen MR) is 91.8 cm³/mol. The molecule has 1 amide bonds. The Bertz CT molecular complexity index is 731.